The van der Waals surface area contributed by atoms with Crippen LogP contribution in [0.1, 0.15) is 27.7 Å². The fraction of sp³-hybridized carbons (Fsp3) is 0.600. The smallest absolute Gasteiger partial charge is 0.471 e. The Morgan fingerprint density at radius 3 is 1.04 bits per heavy atom. The predicted octanol–water partition coefficient (Wildman–Crippen LogP) is -1.30. The molecule has 0 heterocycles. The molecule has 1 atom stereocenters. The van der Waals surface area contributed by atoms with E-state index < -0.39 is 37.9 Å². The van der Waals surface area contributed by atoms with Crippen LogP contribution >= 0.6 is 7.82 Å². The minimum atomic E-state index is -4.44. The molecule has 14 nitrogen and oxygen atoms in total. The summed E-state index contributed by atoms with van der Waals surface area (Å²) in [4.78, 5) is 52.1. The molecule has 0 aromatic heterocycles. The lowest BCUT2D eigenvalue weighted by atomic mass is 10.6. The van der Waals surface area contributed by atoms with Crippen LogP contribution in [-0.4, -0.2) is 66.9 Å². The van der Waals surface area contributed by atoms with Gasteiger partial charge in [-0.1, -0.05) is 0 Å². The Morgan fingerprint density at radius 2 is 1.00 bits per heavy atom. The highest BCUT2D eigenvalue weighted by molar-refractivity contribution is 7.46. The fourth-order valence-corrected chi connectivity index (χ4v) is 0.658. The molecule has 0 bridgehead atoms. The number of hydrogen-bond acceptors (Lipinski definition) is 8. The first-order chi connectivity index (χ1) is 10.9. The SMILES string of the molecule is CC(=O)O.CC(=O)O.CC(=O)O.CC(=O)O.NCC(N)OP(=O)(O)O. The molecular formula is C10H25N2O12P. The van der Waals surface area contributed by atoms with E-state index in [0.29, 0.717) is 0 Å². The van der Waals surface area contributed by atoms with Crippen molar-refractivity contribution in [3.05, 3.63) is 0 Å². The predicted molar refractivity (Wildman–Crippen MR) is 83.4 cm³/mol. The molecule has 0 aliphatic heterocycles. The Balaban J connectivity index is -0.0000000714. The van der Waals surface area contributed by atoms with E-state index in [2.05, 4.69) is 4.52 Å². The van der Waals surface area contributed by atoms with Crippen molar-refractivity contribution < 1.29 is 58.5 Å². The van der Waals surface area contributed by atoms with E-state index in [9.17, 15) is 4.57 Å². The topological polar surface area (TPSA) is 268 Å². The van der Waals surface area contributed by atoms with Crippen molar-refractivity contribution in [3.63, 3.8) is 0 Å². The second kappa shape index (κ2) is 21.9. The third-order valence-electron chi connectivity index (χ3n) is 0.505. The monoisotopic (exact) mass is 396 g/mol. The first-order valence-corrected chi connectivity index (χ1v) is 7.39. The van der Waals surface area contributed by atoms with Crippen molar-refractivity contribution in [2.24, 2.45) is 11.5 Å². The molecule has 0 radical (unpaired) electrons. The summed E-state index contributed by atoms with van der Waals surface area (Å²) in [6.07, 6.45) is -1.09. The molecular weight excluding hydrogens is 371 g/mol. The number of carboxylic acids is 4. The van der Waals surface area contributed by atoms with Crippen molar-refractivity contribution in [3.8, 4) is 0 Å². The van der Waals surface area contributed by atoms with Crippen LogP contribution in [0.3, 0.4) is 0 Å². The normalized spacial score (nSPS) is 9.60. The molecule has 25 heavy (non-hydrogen) atoms. The zero-order valence-corrected chi connectivity index (χ0v) is 14.9. The van der Waals surface area contributed by atoms with E-state index in [1.54, 1.807) is 0 Å². The maximum atomic E-state index is 9.94. The van der Waals surface area contributed by atoms with Crippen molar-refractivity contribution >= 4 is 31.7 Å². The molecule has 0 rings (SSSR count). The molecule has 0 saturated carbocycles. The van der Waals surface area contributed by atoms with Crippen LogP contribution in [0.5, 0.6) is 0 Å². The second-order valence-electron chi connectivity index (χ2n) is 3.45. The Morgan fingerprint density at radius 1 is 0.840 bits per heavy atom. The van der Waals surface area contributed by atoms with Crippen LogP contribution in [0.15, 0.2) is 0 Å². The van der Waals surface area contributed by atoms with E-state index in [-0.39, 0.29) is 6.54 Å². The summed E-state index contributed by atoms with van der Waals surface area (Å²) in [5, 5.41) is 29.7. The summed E-state index contributed by atoms with van der Waals surface area (Å²) >= 11 is 0. The van der Waals surface area contributed by atoms with Gasteiger partial charge >= 0.3 is 7.82 Å². The maximum Gasteiger partial charge on any atom is 0.471 e. The van der Waals surface area contributed by atoms with Crippen molar-refractivity contribution in [1.82, 2.24) is 0 Å². The van der Waals surface area contributed by atoms with Crippen LogP contribution in [0, 0.1) is 0 Å². The molecule has 0 fully saturated rings. The average molecular weight is 396 g/mol. The number of phosphoric acid groups is 1. The Bertz CT molecular complexity index is 358. The number of nitrogens with two attached hydrogens (primary N) is 2. The van der Waals surface area contributed by atoms with E-state index in [1.165, 1.54) is 0 Å². The Labute approximate surface area is 143 Å². The first kappa shape index (κ1) is 34.3. The molecule has 152 valence electrons. The third-order valence-corrected chi connectivity index (χ3v) is 1.05. The minimum Gasteiger partial charge on any atom is -0.481 e. The van der Waals surface area contributed by atoms with Crippen LogP contribution in [-0.2, 0) is 28.3 Å². The summed E-state index contributed by atoms with van der Waals surface area (Å²) < 4.78 is 13.8. The van der Waals surface area contributed by atoms with Gasteiger partial charge in [0.25, 0.3) is 23.9 Å². The Hall–Kier alpha value is -2.09. The number of carbonyl (C=O) groups is 4. The number of carboxylic acid groups (broad SMARTS) is 4. The van der Waals surface area contributed by atoms with Crippen LogP contribution in [0.25, 0.3) is 0 Å². The first-order valence-electron chi connectivity index (χ1n) is 5.86. The van der Waals surface area contributed by atoms with Crippen LogP contribution in [0.4, 0.5) is 0 Å². The van der Waals surface area contributed by atoms with Crippen molar-refractivity contribution in [2.75, 3.05) is 6.54 Å². The number of aliphatic carboxylic acids is 4. The quantitative estimate of drug-likeness (QED) is 0.203. The molecule has 0 aliphatic carbocycles. The van der Waals surface area contributed by atoms with Gasteiger partial charge in [-0.05, 0) is 0 Å². The molecule has 10 N–H and O–H groups in total. The second-order valence-corrected chi connectivity index (χ2v) is 4.64. The summed E-state index contributed by atoms with van der Waals surface area (Å²) in [6, 6.07) is 0. The summed E-state index contributed by atoms with van der Waals surface area (Å²) in [6.45, 7) is 4.21. The average Bonchev–Trinajstić information content (AvgIpc) is 2.22. The molecule has 0 saturated heterocycles. The minimum absolute atomic E-state index is 0.120. The summed E-state index contributed by atoms with van der Waals surface area (Å²) in [7, 11) is -4.44. The molecule has 0 aromatic rings. The molecule has 1 unspecified atom stereocenters. The van der Waals surface area contributed by atoms with Gasteiger partial charge in [-0.2, -0.15) is 0 Å². The van der Waals surface area contributed by atoms with Gasteiger partial charge in [0.2, 0.25) is 0 Å². The molecule has 0 aliphatic rings. The van der Waals surface area contributed by atoms with Gasteiger partial charge in [0.05, 0.1) is 0 Å². The maximum absolute atomic E-state index is 9.94. The molecule has 15 heteroatoms. The van der Waals surface area contributed by atoms with Gasteiger partial charge < -0.3 is 41.7 Å². The molecule has 0 amide bonds. The zero-order valence-electron chi connectivity index (χ0n) is 14.0. The third kappa shape index (κ3) is 360. The highest BCUT2D eigenvalue weighted by atomic mass is 31.2. The van der Waals surface area contributed by atoms with Gasteiger partial charge in [0.15, 0.2) is 0 Å². The van der Waals surface area contributed by atoms with Crippen molar-refractivity contribution in [2.45, 2.75) is 33.9 Å². The van der Waals surface area contributed by atoms with Crippen molar-refractivity contribution in [1.29, 1.82) is 0 Å². The number of hydrogen-bond donors (Lipinski definition) is 8. The van der Waals surface area contributed by atoms with Crippen LogP contribution in [0.2, 0.25) is 0 Å². The standard InChI is InChI=1S/C2H9N2O4P.4C2H4O2/c3-1-2(4)8-9(5,6)7;4*1-2(3)4/h2H,1,3-4H2,(H2,5,6,7);4*1H3,(H,3,4). The van der Waals surface area contributed by atoms with Gasteiger partial charge in [0, 0.05) is 34.2 Å². The molecule has 0 aromatic carbocycles. The Kier molecular flexibility index (Phi) is 30.0. The van der Waals surface area contributed by atoms with Gasteiger partial charge in [-0.25, -0.2) is 4.57 Å². The van der Waals surface area contributed by atoms with E-state index in [0.717, 1.165) is 27.7 Å². The highest BCUT2D eigenvalue weighted by Crippen LogP contribution is 2.36. The van der Waals surface area contributed by atoms with E-state index in [1.807, 2.05) is 0 Å². The van der Waals surface area contributed by atoms with Gasteiger partial charge in [-0.15, -0.1) is 0 Å². The summed E-state index contributed by atoms with van der Waals surface area (Å²) in [5.74, 6) is -3.33. The lowest BCUT2D eigenvalue weighted by Crippen LogP contribution is -2.31. The fourth-order valence-electron chi connectivity index (χ4n) is 0.219. The number of phosphoric ester groups is 1. The zero-order chi connectivity index (χ0) is 21.8. The summed E-state index contributed by atoms with van der Waals surface area (Å²) in [5.41, 5.74) is 9.81. The van der Waals surface area contributed by atoms with E-state index >= 15 is 0 Å². The van der Waals surface area contributed by atoms with Gasteiger partial charge in [0.1, 0.15) is 6.23 Å². The van der Waals surface area contributed by atoms with Gasteiger partial charge in [-0.3, -0.25) is 23.7 Å². The highest BCUT2D eigenvalue weighted by Gasteiger charge is 2.17. The largest absolute Gasteiger partial charge is 0.481 e. The van der Waals surface area contributed by atoms with E-state index in [4.69, 9.17) is 60.9 Å². The lowest BCUT2D eigenvalue weighted by molar-refractivity contribution is -0.135. The van der Waals surface area contributed by atoms with Crippen LogP contribution < -0.4 is 11.5 Å². The molecule has 0 spiro atoms. The number of rotatable bonds is 3. The lowest BCUT2D eigenvalue weighted by Gasteiger charge is -2.09.